The van der Waals surface area contributed by atoms with Crippen molar-refractivity contribution in [2.75, 3.05) is 0 Å². The maximum atomic E-state index is 14.5. The Hall–Kier alpha value is -3.60. The Morgan fingerprint density at radius 3 is 1.08 bits per heavy atom. The van der Waals surface area contributed by atoms with E-state index in [4.69, 9.17) is 0 Å². The van der Waals surface area contributed by atoms with E-state index in [-0.39, 0.29) is 51.0 Å². The number of amides is 4. The minimum absolute atomic E-state index is 0.0938. The van der Waals surface area contributed by atoms with Crippen LogP contribution in [0.5, 0.6) is 17.2 Å². The number of nitrogens with zero attached hydrogens (tertiary/aromatic N) is 2. The summed E-state index contributed by atoms with van der Waals surface area (Å²) in [5, 5.41) is 33.9. The summed E-state index contributed by atoms with van der Waals surface area (Å²) in [6.45, 7) is 29.2. The number of benzene rings is 3. The van der Waals surface area contributed by atoms with E-state index < -0.39 is 33.7 Å². The van der Waals surface area contributed by atoms with E-state index in [1.54, 1.807) is 13.8 Å². The van der Waals surface area contributed by atoms with Crippen LogP contribution in [0.15, 0.2) is 18.2 Å². The summed E-state index contributed by atoms with van der Waals surface area (Å²) in [6.07, 6.45) is 0. The predicted molar refractivity (Wildman–Crippen MR) is 214 cm³/mol. The first-order chi connectivity index (χ1) is 23.2. The molecule has 0 radical (unpaired) electrons. The molecule has 0 bridgehead atoms. The molecule has 0 aromatic heterocycles. The fourth-order valence-electron chi connectivity index (χ4n) is 6.88. The molecular formula is C42H57IN2O6. The quantitative estimate of drug-likeness (QED) is 0.0987. The molecule has 51 heavy (non-hydrogen) atoms. The maximum absolute atomic E-state index is 14.5. The van der Waals surface area contributed by atoms with Crippen LogP contribution in [0.3, 0.4) is 0 Å². The molecule has 1 heterocycles. The molecule has 9 heteroatoms. The van der Waals surface area contributed by atoms with Gasteiger partial charge in [-0.25, -0.2) is 0 Å². The van der Waals surface area contributed by atoms with E-state index in [1.165, 1.54) is 9.80 Å². The fourth-order valence-corrected chi connectivity index (χ4v) is 12.0. The molecular weight excluding hydrogens is 755 g/mol. The van der Waals surface area contributed by atoms with Gasteiger partial charge in [-0.05, 0) is 0 Å². The normalized spacial score (nSPS) is 15.4. The molecule has 0 aliphatic carbocycles. The van der Waals surface area contributed by atoms with Crippen molar-refractivity contribution in [2.24, 2.45) is 0 Å². The number of urea groups is 1. The summed E-state index contributed by atoms with van der Waals surface area (Å²) in [4.78, 5) is 45.9. The van der Waals surface area contributed by atoms with Crippen LogP contribution in [0.2, 0.25) is 0 Å². The van der Waals surface area contributed by atoms with Gasteiger partial charge in [0, 0.05) is 0 Å². The van der Waals surface area contributed by atoms with Crippen LogP contribution < -0.4 is 0 Å². The van der Waals surface area contributed by atoms with Crippen molar-refractivity contribution in [3.63, 3.8) is 0 Å². The number of carbonyl (C=O) groups is 3. The van der Waals surface area contributed by atoms with Gasteiger partial charge in [-0.15, -0.1) is 0 Å². The second-order valence-corrected chi connectivity index (χ2v) is 22.0. The molecule has 3 aromatic carbocycles. The average molecular weight is 813 g/mol. The van der Waals surface area contributed by atoms with Crippen molar-refractivity contribution in [1.82, 2.24) is 9.80 Å². The van der Waals surface area contributed by atoms with Gasteiger partial charge in [-0.1, -0.05) is 0 Å². The van der Waals surface area contributed by atoms with Crippen LogP contribution in [0.25, 0.3) is 0 Å². The number of rotatable bonds is 6. The molecule has 1 fully saturated rings. The first kappa shape index (κ1) is 40.2. The number of aromatic hydroxyl groups is 3. The fraction of sp³-hybridized carbons (Fsp3) is 0.500. The average Bonchev–Trinajstić information content (AvgIpc) is 2.99. The molecule has 4 amide bonds. The number of phenols is 3. The molecule has 1 aliphatic heterocycles. The van der Waals surface area contributed by atoms with Crippen LogP contribution in [0.1, 0.15) is 129 Å². The topological polar surface area (TPSA) is 118 Å². The number of halogens is 1. The van der Waals surface area contributed by atoms with Crippen molar-refractivity contribution < 1.29 is 29.7 Å². The molecule has 1 saturated heterocycles. The Kier molecular flexibility index (Phi) is 10.8. The van der Waals surface area contributed by atoms with Gasteiger partial charge < -0.3 is 0 Å². The van der Waals surface area contributed by atoms with E-state index in [1.807, 2.05) is 108 Å². The van der Waals surface area contributed by atoms with Crippen LogP contribution in [0.4, 0.5) is 14.4 Å². The monoisotopic (exact) mass is 812 g/mol. The molecule has 4 rings (SSSR count). The third-order valence-corrected chi connectivity index (χ3v) is 15.2. The van der Waals surface area contributed by atoms with Crippen LogP contribution in [-0.2, 0) is 33.8 Å². The molecule has 3 N–H and O–H groups in total. The Morgan fingerprint density at radius 2 is 0.784 bits per heavy atom. The molecule has 278 valence electrons. The first-order valence-corrected chi connectivity index (χ1v) is 21.2. The molecule has 3 aromatic rings. The first-order valence-electron chi connectivity index (χ1n) is 17.5. The van der Waals surface area contributed by atoms with Gasteiger partial charge in [0.15, 0.2) is 0 Å². The van der Waals surface area contributed by atoms with Crippen LogP contribution in [0, 0.1) is 41.5 Å². The Labute approximate surface area is 311 Å². The zero-order chi connectivity index (χ0) is 38.9. The number of carbonyl (C=O) groups excluding carboxylic acids is 3. The van der Waals surface area contributed by atoms with Crippen molar-refractivity contribution in [1.29, 1.82) is 0 Å². The third kappa shape index (κ3) is 7.50. The zero-order valence-corrected chi connectivity index (χ0v) is 35.3. The Morgan fingerprint density at radius 1 is 0.510 bits per heavy atom. The summed E-state index contributed by atoms with van der Waals surface area (Å²) in [6, 6.07) is 5.05. The van der Waals surface area contributed by atoms with Crippen LogP contribution >= 0.6 is 19.8 Å². The standard InChI is InChI=1S/C42H57IN2O6/c1-22-16-31(40(7,8)9)34(46)25(4)28(22)19-43-37(49)44(20-29-23(2)17-32(41(10,11)12)35(47)26(29)5)39(51)45(38(43)50)21-30-24(3)18-33(42(13,14)15)36(48)27(30)6/h16-18,46-48H,19-21H2,1-15H3. The Balaban J connectivity index is 1.88. The summed E-state index contributed by atoms with van der Waals surface area (Å²) >= 11 is -3.40. The summed E-state index contributed by atoms with van der Waals surface area (Å²) in [5.41, 5.74) is 7.80. The van der Waals surface area contributed by atoms with Crippen molar-refractivity contribution in [3.8, 4) is 17.2 Å². The summed E-state index contributed by atoms with van der Waals surface area (Å²) in [7, 11) is 0. The van der Waals surface area contributed by atoms with Gasteiger partial charge in [-0.2, -0.15) is 0 Å². The summed E-state index contributed by atoms with van der Waals surface area (Å²) in [5.74, 6) is 0.413. The van der Waals surface area contributed by atoms with Crippen molar-refractivity contribution >= 4 is 33.7 Å². The second kappa shape index (κ2) is 13.7. The number of aryl methyl sites for hydroxylation is 3. The van der Waals surface area contributed by atoms with Crippen molar-refractivity contribution in [3.05, 3.63) is 85.0 Å². The SMILES string of the molecule is Cc1cc(C(C)(C)C)c(O)c(C)c1CN1C(=O)N(Cc2c(C)cc(C(C)(C)C)c(O)c2C)C(=O)I(Cc2c(C)cc(C(C)(C)C)c(O)c2C)C1=O. The van der Waals surface area contributed by atoms with Gasteiger partial charge in [0.2, 0.25) is 0 Å². The predicted octanol–water partition coefficient (Wildman–Crippen LogP) is 10.9. The van der Waals surface area contributed by atoms with Gasteiger partial charge in [0.1, 0.15) is 0 Å². The molecule has 0 spiro atoms. The van der Waals surface area contributed by atoms with E-state index in [2.05, 4.69) is 0 Å². The number of hydrogen-bond donors (Lipinski definition) is 3. The summed E-state index contributed by atoms with van der Waals surface area (Å²) < 4.78 is -0.794. The number of imide groups is 2. The molecule has 1 aliphatic rings. The third-order valence-electron chi connectivity index (χ3n) is 10.3. The van der Waals surface area contributed by atoms with E-state index >= 15 is 0 Å². The molecule has 0 saturated carbocycles. The van der Waals surface area contributed by atoms with E-state index in [0.29, 0.717) is 27.8 Å². The van der Waals surface area contributed by atoms with Crippen molar-refractivity contribution in [2.45, 2.75) is 138 Å². The van der Waals surface area contributed by atoms with Gasteiger partial charge >= 0.3 is 313 Å². The van der Waals surface area contributed by atoms with E-state index in [0.717, 1.165) is 38.9 Å². The van der Waals surface area contributed by atoms with E-state index in [9.17, 15) is 29.7 Å². The Bertz CT molecular complexity index is 1700. The van der Waals surface area contributed by atoms with Crippen LogP contribution in [-0.4, -0.2) is 39.0 Å². The second-order valence-electron chi connectivity index (χ2n) is 17.3. The minimum atomic E-state index is -3.40. The number of alkyl halides is 1. The number of phenolic OH excluding ortho intramolecular Hbond substituents is 3. The molecule has 0 unspecified atom stereocenters. The molecule has 0 atom stereocenters. The van der Waals surface area contributed by atoms with Gasteiger partial charge in [0.25, 0.3) is 0 Å². The zero-order valence-electron chi connectivity index (χ0n) is 33.2. The number of hydrogen-bond acceptors (Lipinski definition) is 6. The van der Waals surface area contributed by atoms with Gasteiger partial charge in [0.05, 0.1) is 0 Å². The molecule has 8 nitrogen and oxygen atoms in total. The van der Waals surface area contributed by atoms with Gasteiger partial charge in [-0.3, -0.25) is 0 Å².